The van der Waals surface area contributed by atoms with Crippen LogP contribution in [0.3, 0.4) is 0 Å². The summed E-state index contributed by atoms with van der Waals surface area (Å²) in [6.45, 7) is 8.96. The second-order valence-corrected chi connectivity index (χ2v) is 3.62. The number of hydrogen-bond acceptors (Lipinski definition) is 1. The van der Waals surface area contributed by atoms with Crippen LogP contribution < -0.4 is 5.32 Å². The zero-order valence-corrected chi connectivity index (χ0v) is 7.41. The zero-order valence-electron chi connectivity index (χ0n) is 7.41. The lowest BCUT2D eigenvalue weighted by atomic mass is 9.59. The average molecular weight is 141 g/mol. The Morgan fingerprint density at radius 1 is 1.20 bits per heavy atom. The third-order valence-electron chi connectivity index (χ3n) is 2.56. The molecule has 0 unspecified atom stereocenters. The van der Waals surface area contributed by atoms with Gasteiger partial charge in [0.25, 0.3) is 0 Å². The van der Waals surface area contributed by atoms with Gasteiger partial charge in [0.15, 0.2) is 0 Å². The van der Waals surface area contributed by atoms with Gasteiger partial charge in [-0.1, -0.05) is 20.8 Å². The van der Waals surface area contributed by atoms with Gasteiger partial charge >= 0.3 is 0 Å². The second kappa shape index (κ2) is 2.91. The summed E-state index contributed by atoms with van der Waals surface area (Å²) in [5.74, 6) is 1.03. The molecular formula is C9H19N. The first-order valence-corrected chi connectivity index (χ1v) is 4.52. The Kier molecular flexibility index (Phi) is 2.35. The summed E-state index contributed by atoms with van der Waals surface area (Å²) >= 11 is 0. The topological polar surface area (TPSA) is 12.0 Å². The van der Waals surface area contributed by atoms with Crippen LogP contribution in [0.2, 0.25) is 0 Å². The van der Waals surface area contributed by atoms with Gasteiger partial charge in [0.2, 0.25) is 0 Å². The van der Waals surface area contributed by atoms with E-state index < -0.39 is 0 Å². The van der Waals surface area contributed by atoms with Crippen molar-refractivity contribution in [2.24, 2.45) is 11.3 Å². The lowest BCUT2D eigenvalue weighted by molar-refractivity contribution is 0.00946. The molecule has 60 valence electrons. The Bertz CT molecular complexity index is 97.3. The first-order valence-electron chi connectivity index (χ1n) is 4.52. The summed E-state index contributed by atoms with van der Waals surface area (Å²) in [5, 5.41) is 3.32. The molecule has 1 saturated heterocycles. The monoisotopic (exact) mass is 141 g/mol. The van der Waals surface area contributed by atoms with E-state index in [1.165, 1.54) is 25.9 Å². The highest BCUT2D eigenvalue weighted by Crippen LogP contribution is 2.47. The van der Waals surface area contributed by atoms with Crippen LogP contribution in [0.1, 0.15) is 33.6 Å². The van der Waals surface area contributed by atoms with Gasteiger partial charge in [0.1, 0.15) is 0 Å². The predicted octanol–water partition coefficient (Wildman–Crippen LogP) is 2.03. The highest BCUT2D eigenvalue weighted by atomic mass is 15.0. The largest absolute Gasteiger partial charge is 0.316 e. The quantitative estimate of drug-likeness (QED) is 0.544. The molecule has 1 heteroatoms. The number of nitrogens with one attached hydrogen (secondary N) is 1. The van der Waals surface area contributed by atoms with Gasteiger partial charge in [-0.3, -0.25) is 0 Å². The Hall–Kier alpha value is -0.0400. The van der Waals surface area contributed by atoms with Crippen molar-refractivity contribution in [2.75, 3.05) is 13.1 Å². The summed E-state index contributed by atoms with van der Waals surface area (Å²) in [4.78, 5) is 0. The highest BCUT2D eigenvalue weighted by Gasteiger charge is 2.46. The van der Waals surface area contributed by atoms with Crippen LogP contribution in [0.25, 0.3) is 0 Å². The summed E-state index contributed by atoms with van der Waals surface area (Å²) < 4.78 is 0. The summed E-state index contributed by atoms with van der Waals surface area (Å²) in [6, 6.07) is 0. The van der Waals surface area contributed by atoms with E-state index >= 15 is 0 Å². The molecule has 0 bridgehead atoms. The van der Waals surface area contributed by atoms with Gasteiger partial charge in [0, 0.05) is 13.1 Å². The van der Waals surface area contributed by atoms with E-state index in [9.17, 15) is 0 Å². The third-order valence-corrected chi connectivity index (χ3v) is 2.56. The van der Waals surface area contributed by atoms with Crippen molar-refractivity contribution in [3.8, 4) is 0 Å². The zero-order chi connectivity index (χ0) is 7.61. The molecule has 0 amide bonds. The SMILES string of the molecule is CC.CC1CC2(CNC2)C1. The minimum atomic E-state index is 0.805. The van der Waals surface area contributed by atoms with Gasteiger partial charge in [-0.05, 0) is 24.2 Å². The lowest BCUT2D eigenvalue weighted by Crippen LogP contribution is -2.59. The van der Waals surface area contributed by atoms with Crippen molar-refractivity contribution in [1.82, 2.24) is 5.32 Å². The molecule has 0 atom stereocenters. The van der Waals surface area contributed by atoms with E-state index in [4.69, 9.17) is 0 Å². The van der Waals surface area contributed by atoms with Gasteiger partial charge in [-0.25, -0.2) is 0 Å². The van der Waals surface area contributed by atoms with Gasteiger partial charge < -0.3 is 5.32 Å². The van der Waals surface area contributed by atoms with Crippen LogP contribution in [0.5, 0.6) is 0 Å². The van der Waals surface area contributed by atoms with Crippen LogP contribution in [-0.4, -0.2) is 13.1 Å². The number of hydrogen-bond donors (Lipinski definition) is 1. The smallest absolute Gasteiger partial charge is 0.00204 e. The van der Waals surface area contributed by atoms with E-state index in [0.29, 0.717) is 0 Å². The summed E-state index contributed by atoms with van der Waals surface area (Å²) in [5.41, 5.74) is 0.805. The van der Waals surface area contributed by atoms with E-state index in [2.05, 4.69) is 12.2 Å². The molecule has 1 aliphatic heterocycles. The molecule has 1 heterocycles. The normalized spacial score (nSPS) is 27.9. The van der Waals surface area contributed by atoms with Crippen LogP contribution in [0, 0.1) is 11.3 Å². The molecule has 10 heavy (non-hydrogen) atoms. The van der Waals surface area contributed by atoms with Crippen LogP contribution >= 0.6 is 0 Å². The first kappa shape index (κ1) is 8.06. The van der Waals surface area contributed by atoms with Gasteiger partial charge in [0.05, 0.1) is 0 Å². The maximum Gasteiger partial charge on any atom is 0.00204 e. The van der Waals surface area contributed by atoms with Crippen LogP contribution in [0.4, 0.5) is 0 Å². The highest BCUT2D eigenvalue weighted by molar-refractivity contribution is 5.00. The van der Waals surface area contributed by atoms with Crippen molar-refractivity contribution in [3.05, 3.63) is 0 Å². The summed E-state index contributed by atoms with van der Waals surface area (Å²) in [7, 11) is 0. The molecule has 1 spiro atoms. The molecule has 2 aliphatic rings. The molecule has 1 N–H and O–H groups in total. The Balaban J connectivity index is 0.000000231. The fraction of sp³-hybridized carbons (Fsp3) is 1.00. The van der Waals surface area contributed by atoms with Crippen molar-refractivity contribution < 1.29 is 0 Å². The molecule has 1 nitrogen and oxygen atoms in total. The van der Waals surface area contributed by atoms with Crippen molar-refractivity contribution in [1.29, 1.82) is 0 Å². The van der Waals surface area contributed by atoms with Gasteiger partial charge in [-0.15, -0.1) is 0 Å². The maximum absolute atomic E-state index is 3.32. The van der Waals surface area contributed by atoms with Crippen LogP contribution in [0.15, 0.2) is 0 Å². The Labute approximate surface area is 64.2 Å². The molecule has 0 aromatic rings. The van der Waals surface area contributed by atoms with Crippen molar-refractivity contribution in [3.63, 3.8) is 0 Å². The van der Waals surface area contributed by atoms with E-state index in [1.54, 1.807) is 0 Å². The molecule has 1 aliphatic carbocycles. The molecule has 0 aromatic heterocycles. The Morgan fingerprint density at radius 2 is 1.70 bits per heavy atom. The fourth-order valence-electron chi connectivity index (χ4n) is 2.19. The molecule has 0 radical (unpaired) electrons. The second-order valence-electron chi connectivity index (χ2n) is 3.62. The van der Waals surface area contributed by atoms with Crippen LogP contribution in [-0.2, 0) is 0 Å². The average Bonchev–Trinajstić information content (AvgIpc) is 1.82. The molecule has 0 aromatic carbocycles. The van der Waals surface area contributed by atoms with E-state index in [0.717, 1.165) is 11.3 Å². The standard InChI is InChI=1S/C7H13N.C2H6/c1-6-2-7(3-6)4-8-5-7;1-2/h6,8H,2-5H2,1H3;1-2H3. The third kappa shape index (κ3) is 1.20. The molecule has 1 saturated carbocycles. The fourth-order valence-corrected chi connectivity index (χ4v) is 2.19. The summed E-state index contributed by atoms with van der Waals surface area (Å²) in [6.07, 6.45) is 2.97. The van der Waals surface area contributed by atoms with Gasteiger partial charge in [-0.2, -0.15) is 0 Å². The lowest BCUT2D eigenvalue weighted by Gasteiger charge is -2.53. The molecular weight excluding hydrogens is 122 g/mol. The Morgan fingerprint density at radius 3 is 1.80 bits per heavy atom. The molecule has 2 rings (SSSR count). The first-order chi connectivity index (χ1) is 4.81. The van der Waals surface area contributed by atoms with Crippen molar-refractivity contribution >= 4 is 0 Å². The number of rotatable bonds is 0. The predicted molar refractivity (Wildman–Crippen MR) is 45.0 cm³/mol. The minimum absolute atomic E-state index is 0.805. The molecule has 2 fully saturated rings. The van der Waals surface area contributed by atoms with E-state index in [1.807, 2.05) is 13.8 Å². The minimum Gasteiger partial charge on any atom is -0.316 e. The van der Waals surface area contributed by atoms with Crippen molar-refractivity contribution in [2.45, 2.75) is 33.6 Å². The maximum atomic E-state index is 3.32. The van der Waals surface area contributed by atoms with E-state index in [-0.39, 0.29) is 0 Å².